The molecule has 0 aromatic carbocycles. The topological polar surface area (TPSA) is 227 Å². The Morgan fingerprint density at radius 1 is 0.658 bits per heavy atom. The standard InChI is InChI=1S/C21H17N5O10S2/c27-16(28)12-25-13(17(29)30)37(12,20(25)35,6-4-22-8-37)10-2-1-3-11(24-10)38(7-5-23-9-38)14(18(31)32)26(21(38)36)15(38)19(33)34/h1-9,12-15H,(H,27,28)(H,29,30)(H,31,32)(H,33,34). The zero-order valence-electron chi connectivity index (χ0n) is 18.8. The first-order chi connectivity index (χ1) is 17.8. The second kappa shape index (κ2) is 5.10. The van der Waals surface area contributed by atoms with E-state index in [0.29, 0.717) is 0 Å². The van der Waals surface area contributed by atoms with Crippen molar-refractivity contribution in [3.63, 3.8) is 0 Å². The van der Waals surface area contributed by atoms with Crippen LogP contribution in [0.15, 0.2) is 61.5 Å². The number of aromatic nitrogens is 1. The molecule has 17 heteroatoms. The highest BCUT2D eigenvalue weighted by Crippen LogP contribution is 3.15. The number of carbonyl (C=O) groups excluding carboxylic acids is 2. The number of aliphatic imine (C=N–C) groups is 2. The number of rotatable bonds is 6. The summed E-state index contributed by atoms with van der Waals surface area (Å²) >= 11 is 0. The molecule has 2 spiro atoms. The van der Waals surface area contributed by atoms with E-state index in [0.717, 1.165) is 33.3 Å². The number of amides is 2. The first kappa shape index (κ1) is 22.7. The summed E-state index contributed by atoms with van der Waals surface area (Å²) in [6.07, 6.45) is 2.27. The van der Waals surface area contributed by atoms with E-state index in [1.54, 1.807) is 0 Å². The van der Waals surface area contributed by atoms with E-state index in [1.165, 1.54) is 29.0 Å². The summed E-state index contributed by atoms with van der Waals surface area (Å²) in [5.74, 6) is -6.00. The molecule has 1 aromatic rings. The highest BCUT2D eigenvalue weighted by Gasteiger charge is 3.04. The van der Waals surface area contributed by atoms with E-state index in [-0.39, 0.29) is 10.1 Å². The van der Waals surface area contributed by atoms with E-state index >= 15 is 0 Å². The van der Waals surface area contributed by atoms with Crippen molar-refractivity contribution in [1.82, 2.24) is 14.8 Å². The number of hydrogen-bond donors (Lipinski definition) is 4. The number of carbonyl (C=O) groups is 6. The van der Waals surface area contributed by atoms with Crippen LogP contribution in [0.4, 0.5) is 9.59 Å². The molecule has 9 rings (SSSR count). The Kier molecular flexibility index (Phi) is 3.04. The van der Waals surface area contributed by atoms with Crippen molar-refractivity contribution in [2.75, 3.05) is 0 Å². The largest absolute Gasteiger partial charge is 0.479 e. The lowest BCUT2D eigenvalue weighted by molar-refractivity contribution is -0.148. The number of pyridine rings is 1. The first-order valence-corrected chi connectivity index (χ1v) is 16.3. The number of nitrogens with zero attached hydrogens (tertiary/aromatic N) is 5. The molecule has 0 aliphatic carbocycles. The van der Waals surface area contributed by atoms with Gasteiger partial charge in [-0.1, -0.05) is 22.7 Å². The summed E-state index contributed by atoms with van der Waals surface area (Å²) in [6.45, 7) is 0. The van der Waals surface area contributed by atoms with Crippen LogP contribution in [0.1, 0.15) is 0 Å². The molecule has 0 radical (unpaired) electrons. The van der Waals surface area contributed by atoms with Gasteiger partial charge in [-0.2, -0.15) is 0 Å². The van der Waals surface area contributed by atoms with E-state index in [9.17, 15) is 49.2 Å². The van der Waals surface area contributed by atoms with Crippen LogP contribution in [0.3, 0.4) is 0 Å². The monoisotopic (exact) mass is 563 g/mol. The molecule has 198 valence electrons. The Bertz CT molecular complexity index is 1550. The normalized spacial score (nSPS) is 37.9. The van der Waals surface area contributed by atoms with Gasteiger partial charge < -0.3 is 20.4 Å². The van der Waals surface area contributed by atoms with Gasteiger partial charge in [0.15, 0.2) is 21.5 Å². The fourth-order valence-electron chi connectivity index (χ4n) is 7.88. The molecule has 4 unspecified atom stereocenters. The predicted molar refractivity (Wildman–Crippen MR) is 131 cm³/mol. The molecule has 1 aromatic heterocycles. The SMILES string of the molecule is O=C(O)C1N2C(=O)S13(c1cccc(S456(C=CN=C4)C(=O)N(C5C(=O)O)C6C(=O)O)n1)(C=CN=C3)C2C(=O)O. The van der Waals surface area contributed by atoms with Gasteiger partial charge in [-0.15, -0.1) is 0 Å². The third-order valence-corrected chi connectivity index (χ3v) is 24.2. The van der Waals surface area contributed by atoms with Gasteiger partial charge in [0.25, 0.3) is 10.5 Å². The molecule has 15 nitrogen and oxygen atoms in total. The predicted octanol–water partition coefficient (Wildman–Crippen LogP) is 1.12. The quantitative estimate of drug-likeness (QED) is 0.383. The molecule has 4 N–H and O–H groups in total. The number of hydrogen-bond acceptors (Lipinski definition) is 9. The second-order valence-electron chi connectivity index (χ2n) is 10.2. The second-order valence-corrected chi connectivity index (χ2v) is 22.0. The zero-order valence-corrected chi connectivity index (χ0v) is 20.4. The van der Waals surface area contributed by atoms with E-state index < -0.39 is 72.4 Å². The van der Waals surface area contributed by atoms with Crippen LogP contribution in [-0.4, -0.2) is 102 Å². The van der Waals surface area contributed by atoms with E-state index in [4.69, 9.17) is 0 Å². The lowest BCUT2D eigenvalue weighted by Crippen LogP contribution is -2.95. The summed E-state index contributed by atoms with van der Waals surface area (Å²) in [5.41, 5.74) is 2.09. The fraction of sp³-hybridized carbons (Fsp3) is 0.190. The fourth-order valence-corrected chi connectivity index (χ4v) is 21.9. The molecular formula is C21H17N5O10S2. The summed E-state index contributed by atoms with van der Waals surface area (Å²) in [5, 5.41) is 34.1. The summed E-state index contributed by atoms with van der Waals surface area (Å²) < 4.78 is 0. The molecule has 6 saturated heterocycles. The average molecular weight is 564 g/mol. The highest BCUT2D eigenvalue weighted by molar-refractivity contribution is 8.88. The first-order valence-electron chi connectivity index (χ1n) is 10.8. The molecule has 38 heavy (non-hydrogen) atoms. The van der Waals surface area contributed by atoms with Crippen LogP contribution in [0, 0.1) is 0 Å². The van der Waals surface area contributed by atoms with Crippen molar-refractivity contribution >= 4 is 62.0 Å². The minimum Gasteiger partial charge on any atom is -0.479 e. The molecule has 4 bridgehead atoms. The summed E-state index contributed by atoms with van der Waals surface area (Å²) in [6, 6.07) is 3.79. The molecular weight excluding hydrogens is 546 g/mol. The van der Waals surface area contributed by atoms with Gasteiger partial charge in [-0.05, 0) is 22.9 Å². The van der Waals surface area contributed by atoms with Crippen LogP contribution in [0.2, 0.25) is 0 Å². The molecule has 9 heterocycles. The minimum atomic E-state index is -5.38. The van der Waals surface area contributed by atoms with Crippen LogP contribution in [0.5, 0.6) is 0 Å². The molecule has 8 aliphatic heterocycles. The summed E-state index contributed by atoms with van der Waals surface area (Å²) in [7, 11) is -10.8. The Morgan fingerprint density at radius 2 is 1.00 bits per heavy atom. The van der Waals surface area contributed by atoms with Crippen molar-refractivity contribution in [1.29, 1.82) is 0 Å². The maximum absolute atomic E-state index is 13.7. The molecule has 4 atom stereocenters. The zero-order chi connectivity index (χ0) is 27.4. The van der Waals surface area contributed by atoms with Crippen molar-refractivity contribution in [3.05, 3.63) is 41.4 Å². The Labute approximate surface area is 209 Å². The highest BCUT2D eigenvalue weighted by atomic mass is 32.4. The number of carboxylic acid groups (broad SMARTS) is 4. The van der Waals surface area contributed by atoms with Gasteiger partial charge in [0.05, 0.1) is 10.1 Å². The van der Waals surface area contributed by atoms with Crippen LogP contribution >= 0.6 is 16.6 Å². The molecule has 2 amide bonds. The molecule has 6 fully saturated rings. The van der Waals surface area contributed by atoms with Gasteiger partial charge in [0, 0.05) is 23.5 Å². The third kappa shape index (κ3) is 1.28. The van der Waals surface area contributed by atoms with Gasteiger partial charge in [-0.25, -0.2) is 24.2 Å². The van der Waals surface area contributed by atoms with Crippen molar-refractivity contribution in [2.24, 2.45) is 9.98 Å². The lowest BCUT2D eigenvalue weighted by Gasteiger charge is -2.95. The van der Waals surface area contributed by atoms with Gasteiger partial charge in [-0.3, -0.25) is 29.4 Å². The summed E-state index contributed by atoms with van der Waals surface area (Å²) in [4.78, 5) is 91.4. The van der Waals surface area contributed by atoms with Crippen molar-refractivity contribution in [2.45, 2.75) is 31.5 Å². The number of carboxylic acids is 4. The van der Waals surface area contributed by atoms with Crippen molar-refractivity contribution < 1.29 is 49.2 Å². The number of aliphatic carboxylic acids is 4. The average Bonchev–Trinajstić information content (AvgIpc) is 3.50. The van der Waals surface area contributed by atoms with Crippen LogP contribution in [-0.2, 0) is 19.2 Å². The minimum absolute atomic E-state index is 0.308. The Hall–Kier alpha value is -4.51. The Balaban J connectivity index is 1.63. The maximum atomic E-state index is 13.7. The van der Waals surface area contributed by atoms with Crippen molar-refractivity contribution in [3.8, 4) is 0 Å². The lowest BCUT2D eigenvalue weighted by atomic mass is 10.4. The maximum Gasteiger partial charge on any atom is 0.335 e. The van der Waals surface area contributed by atoms with Gasteiger partial charge >= 0.3 is 23.9 Å². The van der Waals surface area contributed by atoms with E-state index in [1.807, 2.05) is 0 Å². The smallest absolute Gasteiger partial charge is 0.335 e. The van der Waals surface area contributed by atoms with E-state index in [2.05, 4.69) is 15.0 Å². The van der Waals surface area contributed by atoms with Crippen LogP contribution in [0.25, 0.3) is 0 Å². The Morgan fingerprint density at radius 3 is 1.24 bits per heavy atom. The molecule has 0 saturated carbocycles. The van der Waals surface area contributed by atoms with Gasteiger partial charge in [0.1, 0.15) is 0 Å². The molecule has 8 aliphatic rings. The third-order valence-electron chi connectivity index (χ3n) is 9.31. The van der Waals surface area contributed by atoms with Crippen LogP contribution < -0.4 is 0 Å². The van der Waals surface area contributed by atoms with Gasteiger partial charge in [0.2, 0.25) is 0 Å².